The van der Waals surface area contributed by atoms with Gasteiger partial charge in [-0.3, -0.25) is 39.6 Å². The van der Waals surface area contributed by atoms with E-state index in [-0.39, 0.29) is 83.8 Å². The number of rotatable bonds is 7. The Bertz CT molecular complexity index is 937. The number of nitrogens with one attached hydrogen (secondary N) is 2. The van der Waals surface area contributed by atoms with E-state index < -0.39 is 11.8 Å². The van der Waals surface area contributed by atoms with Crippen LogP contribution in [0.25, 0.3) is 0 Å². The van der Waals surface area contributed by atoms with Gasteiger partial charge in [0.25, 0.3) is 23.6 Å². The maximum atomic E-state index is 12.6. The zero-order valence-electron chi connectivity index (χ0n) is 18.5. The summed E-state index contributed by atoms with van der Waals surface area (Å²) in [7, 11) is 0. The summed E-state index contributed by atoms with van der Waals surface area (Å²) in [6, 6.07) is 0. The normalized spacial score (nSPS) is 38.4. The van der Waals surface area contributed by atoms with Crippen molar-refractivity contribution in [3.63, 3.8) is 0 Å². The SMILES string of the molecule is O=C(CCCCC(=O)NN1C(=O)[C@@H]2[C@H](C1=O)[C@H]1C=C[C@H]2C1)NN1C(=O)[C@@H]2[C@@H](C1=O)[C@H]1C=C[C@H]2C1. The van der Waals surface area contributed by atoms with Gasteiger partial charge in [-0.25, -0.2) is 0 Å². The topological polar surface area (TPSA) is 133 Å². The van der Waals surface area contributed by atoms with Gasteiger partial charge in [-0.2, -0.15) is 10.0 Å². The average molecular weight is 466 g/mol. The lowest BCUT2D eigenvalue weighted by atomic mass is 9.85. The summed E-state index contributed by atoms with van der Waals surface area (Å²) < 4.78 is 0. The van der Waals surface area contributed by atoms with Crippen molar-refractivity contribution in [3.05, 3.63) is 24.3 Å². The molecule has 6 rings (SSSR count). The van der Waals surface area contributed by atoms with Gasteiger partial charge < -0.3 is 0 Å². The van der Waals surface area contributed by atoms with Crippen molar-refractivity contribution in [2.75, 3.05) is 0 Å². The van der Waals surface area contributed by atoms with E-state index in [0.29, 0.717) is 12.8 Å². The number of carbonyl (C=O) groups is 6. The molecule has 4 aliphatic carbocycles. The van der Waals surface area contributed by atoms with Gasteiger partial charge in [-0.05, 0) is 49.4 Å². The van der Waals surface area contributed by atoms with Gasteiger partial charge in [0.15, 0.2) is 0 Å². The average Bonchev–Trinajstić information content (AvgIpc) is 3.65. The molecule has 10 heteroatoms. The van der Waals surface area contributed by atoms with Crippen molar-refractivity contribution >= 4 is 35.4 Å². The highest BCUT2D eigenvalue weighted by Gasteiger charge is 2.61. The molecule has 2 saturated heterocycles. The standard InChI is InChI=1S/C24H26N4O6/c29-15(25-27-21(31)17-11-5-6-12(9-11)18(17)22(27)32)3-1-2-4-16(30)26-28-23(33)19-13-7-8-14(10-13)20(19)24(28)34/h5-8,11-14,17-20H,1-4,9-10H2,(H,25,29)(H,26,30)/t11-,12-,13-,14-,17-,18-,19-,20+/m0/s1. The summed E-state index contributed by atoms with van der Waals surface area (Å²) in [6.45, 7) is 0. The summed E-state index contributed by atoms with van der Waals surface area (Å²) in [5, 5.41) is 1.75. The molecule has 0 unspecified atom stereocenters. The number of imide groups is 2. The van der Waals surface area contributed by atoms with Crippen LogP contribution in [0.3, 0.4) is 0 Å². The number of hydrazine groups is 2. The minimum atomic E-state index is -0.455. The highest BCUT2D eigenvalue weighted by molar-refractivity contribution is 6.08. The molecule has 2 N–H and O–H groups in total. The van der Waals surface area contributed by atoms with Crippen LogP contribution in [0.1, 0.15) is 38.5 Å². The minimum absolute atomic E-state index is 0.0472. The van der Waals surface area contributed by atoms with Gasteiger partial charge in [0.2, 0.25) is 11.8 Å². The molecule has 4 bridgehead atoms. The maximum absolute atomic E-state index is 12.6. The molecule has 0 spiro atoms. The molecule has 8 atom stereocenters. The molecule has 4 fully saturated rings. The van der Waals surface area contributed by atoms with Crippen molar-refractivity contribution in [2.45, 2.75) is 38.5 Å². The Morgan fingerprint density at radius 2 is 0.912 bits per heavy atom. The third kappa shape index (κ3) is 3.00. The number of hydrogen-bond acceptors (Lipinski definition) is 6. The zero-order valence-corrected chi connectivity index (χ0v) is 18.5. The molecule has 10 nitrogen and oxygen atoms in total. The second-order valence-electron chi connectivity index (χ2n) is 10.3. The van der Waals surface area contributed by atoms with E-state index >= 15 is 0 Å². The molecule has 0 aromatic carbocycles. The minimum Gasteiger partial charge on any atom is -0.273 e. The first-order valence-electron chi connectivity index (χ1n) is 12.1. The Morgan fingerprint density at radius 1 is 0.618 bits per heavy atom. The lowest BCUT2D eigenvalue weighted by molar-refractivity contribution is -0.150. The predicted octanol–water partition coefficient (Wildman–Crippen LogP) is 0.223. The van der Waals surface area contributed by atoms with Crippen LogP contribution in [0.4, 0.5) is 0 Å². The van der Waals surface area contributed by atoms with E-state index in [1.54, 1.807) is 0 Å². The largest absolute Gasteiger partial charge is 0.273 e. The lowest BCUT2D eigenvalue weighted by Crippen LogP contribution is -2.47. The van der Waals surface area contributed by atoms with Crippen LogP contribution in [0.2, 0.25) is 0 Å². The number of hydrogen-bond donors (Lipinski definition) is 2. The molecule has 6 amide bonds. The fraction of sp³-hybridized carbons (Fsp3) is 0.583. The van der Waals surface area contributed by atoms with E-state index in [0.717, 1.165) is 22.9 Å². The smallest absolute Gasteiger partial charge is 0.252 e. The number of amides is 6. The predicted molar refractivity (Wildman–Crippen MR) is 114 cm³/mol. The Kier molecular flexibility index (Phi) is 4.76. The van der Waals surface area contributed by atoms with E-state index in [2.05, 4.69) is 10.9 Å². The molecule has 0 radical (unpaired) electrons. The monoisotopic (exact) mass is 466 g/mol. The van der Waals surface area contributed by atoms with Gasteiger partial charge in [0.1, 0.15) is 0 Å². The maximum Gasteiger partial charge on any atom is 0.252 e. The van der Waals surface area contributed by atoms with Crippen LogP contribution >= 0.6 is 0 Å². The molecule has 0 aromatic heterocycles. The molecule has 34 heavy (non-hydrogen) atoms. The second kappa shape index (κ2) is 7.61. The van der Waals surface area contributed by atoms with Crippen LogP contribution in [0.5, 0.6) is 0 Å². The third-order valence-electron chi connectivity index (χ3n) is 8.47. The Morgan fingerprint density at radius 3 is 1.21 bits per heavy atom. The Hall–Kier alpha value is -3.30. The Balaban J connectivity index is 0.939. The van der Waals surface area contributed by atoms with Crippen molar-refractivity contribution < 1.29 is 28.8 Å². The van der Waals surface area contributed by atoms with Gasteiger partial charge >= 0.3 is 0 Å². The molecular formula is C24H26N4O6. The molecule has 6 aliphatic rings. The first-order chi connectivity index (χ1) is 16.3. The fourth-order valence-electron chi connectivity index (χ4n) is 6.96. The van der Waals surface area contributed by atoms with E-state index in [4.69, 9.17) is 0 Å². The number of nitrogens with zero attached hydrogens (tertiary/aromatic N) is 2. The summed E-state index contributed by atoms with van der Waals surface area (Å²) in [4.78, 5) is 75.1. The van der Waals surface area contributed by atoms with Gasteiger partial charge in [0.05, 0.1) is 23.7 Å². The highest BCUT2D eigenvalue weighted by Crippen LogP contribution is 2.53. The number of carbonyl (C=O) groups excluding carboxylic acids is 6. The summed E-state index contributed by atoms with van der Waals surface area (Å²) >= 11 is 0. The van der Waals surface area contributed by atoms with Crippen molar-refractivity contribution in [1.29, 1.82) is 0 Å². The number of fused-ring (bicyclic) bond motifs is 10. The molecule has 2 aliphatic heterocycles. The second-order valence-corrected chi connectivity index (χ2v) is 10.3. The van der Waals surface area contributed by atoms with Crippen LogP contribution in [-0.4, -0.2) is 45.5 Å². The first kappa shape index (κ1) is 21.2. The molecule has 178 valence electrons. The van der Waals surface area contributed by atoms with Crippen LogP contribution < -0.4 is 10.9 Å². The van der Waals surface area contributed by atoms with Gasteiger partial charge in [-0.1, -0.05) is 24.3 Å². The highest BCUT2D eigenvalue weighted by atomic mass is 16.2. The van der Waals surface area contributed by atoms with Crippen molar-refractivity contribution in [1.82, 2.24) is 20.9 Å². The third-order valence-corrected chi connectivity index (χ3v) is 8.47. The number of unbranched alkanes of at least 4 members (excludes halogenated alkanes) is 1. The van der Waals surface area contributed by atoms with Gasteiger partial charge in [0, 0.05) is 12.8 Å². The quantitative estimate of drug-likeness (QED) is 0.313. The van der Waals surface area contributed by atoms with Crippen LogP contribution in [-0.2, 0) is 28.8 Å². The van der Waals surface area contributed by atoms with E-state index in [1.165, 1.54) is 0 Å². The molecule has 2 heterocycles. The van der Waals surface area contributed by atoms with Gasteiger partial charge in [-0.15, -0.1) is 0 Å². The number of allylic oxidation sites excluding steroid dienone is 4. The summed E-state index contributed by atoms with van der Waals surface area (Å²) in [6.07, 6.45) is 10.4. The lowest BCUT2D eigenvalue weighted by Gasteiger charge is -2.18. The summed E-state index contributed by atoms with van der Waals surface area (Å²) in [5.41, 5.74) is 4.87. The summed E-state index contributed by atoms with van der Waals surface area (Å²) in [5.74, 6) is -3.44. The van der Waals surface area contributed by atoms with Crippen molar-refractivity contribution in [2.24, 2.45) is 47.3 Å². The molecule has 2 saturated carbocycles. The Labute approximate surface area is 195 Å². The first-order valence-corrected chi connectivity index (χ1v) is 12.1. The van der Waals surface area contributed by atoms with Crippen LogP contribution in [0, 0.1) is 47.3 Å². The van der Waals surface area contributed by atoms with Crippen LogP contribution in [0.15, 0.2) is 24.3 Å². The fourth-order valence-corrected chi connectivity index (χ4v) is 6.96. The molecule has 0 aromatic rings. The van der Waals surface area contributed by atoms with E-state index in [1.807, 2.05) is 24.3 Å². The molecular weight excluding hydrogens is 440 g/mol. The van der Waals surface area contributed by atoms with Crippen molar-refractivity contribution in [3.8, 4) is 0 Å². The van der Waals surface area contributed by atoms with E-state index in [9.17, 15) is 28.8 Å². The zero-order chi connectivity index (χ0) is 23.7.